The Hall–Kier alpha value is -4.89. The molecule has 1 amide bonds. The van der Waals surface area contributed by atoms with E-state index in [0.29, 0.717) is 23.0 Å². The van der Waals surface area contributed by atoms with Gasteiger partial charge in [-0.3, -0.25) is 4.79 Å². The fourth-order valence-corrected chi connectivity index (χ4v) is 4.47. The van der Waals surface area contributed by atoms with Crippen molar-refractivity contribution in [3.8, 4) is 0 Å². The van der Waals surface area contributed by atoms with Crippen LogP contribution >= 0.6 is 11.6 Å². The van der Waals surface area contributed by atoms with Crippen molar-refractivity contribution >= 4 is 68.6 Å². The maximum absolute atomic E-state index is 12.0. The molecule has 0 aliphatic heterocycles. The molecule has 200 valence electrons. The molecular weight excluding hydrogens is 524 g/mol. The van der Waals surface area contributed by atoms with Gasteiger partial charge in [0.05, 0.1) is 11.4 Å². The first-order chi connectivity index (χ1) is 19.2. The molecule has 9 nitrogen and oxygen atoms in total. The lowest BCUT2D eigenvalue weighted by molar-refractivity contribution is -0.114. The molecule has 3 N–H and O–H groups in total. The Morgan fingerprint density at radius 1 is 0.750 bits per heavy atom. The number of hydrogen-bond acceptors (Lipinski definition) is 8. The van der Waals surface area contributed by atoms with Crippen molar-refractivity contribution in [2.75, 3.05) is 16.0 Å². The molecule has 0 radical (unpaired) electrons. The summed E-state index contributed by atoms with van der Waals surface area (Å²) >= 11 is 6.17. The second-order valence-electron chi connectivity index (χ2n) is 9.42. The van der Waals surface area contributed by atoms with Crippen LogP contribution in [0.15, 0.2) is 83.0 Å². The van der Waals surface area contributed by atoms with Gasteiger partial charge in [-0.2, -0.15) is 20.1 Å². The van der Waals surface area contributed by atoms with Crippen LogP contribution in [0, 0.1) is 20.8 Å². The Labute approximate surface area is 236 Å². The predicted octanol–water partition coefficient (Wildman–Crippen LogP) is 8.46. The van der Waals surface area contributed by atoms with Gasteiger partial charge >= 0.3 is 0 Å². The lowest BCUT2D eigenvalue weighted by Crippen LogP contribution is -2.07. The highest BCUT2D eigenvalue weighted by Gasteiger charge is 2.10. The zero-order valence-electron chi connectivity index (χ0n) is 22.5. The number of azo groups is 1. The largest absolute Gasteiger partial charge is 0.324 e. The van der Waals surface area contributed by atoms with Gasteiger partial charge in [0.2, 0.25) is 23.1 Å². The topological polar surface area (TPSA) is 117 Å². The second kappa shape index (κ2) is 11.5. The van der Waals surface area contributed by atoms with Crippen molar-refractivity contribution < 1.29 is 4.79 Å². The fourth-order valence-electron chi connectivity index (χ4n) is 4.31. The number of carbonyl (C=O) groups excluding carboxylic acids is 1. The Morgan fingerprint density at radius 3 is 2.20 bits per heavy atom. The second-order valence-corrected chi connectivity index (χ2v) is 9.76. The maximum atomic E-state index is 12.0. The highest BCUT2D eigenvalue weighted by Crippen LogP contribution is 2.33. The normalized spacial score (nSPS) is 11.1. The molecule has 4 aromatic carbocycles. The van der Waals surface area contributed by atoms with Gasteiger partial charge in [0.1, 0.15) is 5.69 Å². The average Bonchev–Trinajstić information content (AvgIpc) is 2.88. The summed E-state index contributed by atoms with van der Waals surface area (Å²) in [4.78, 5) is 24.7. The van der Waals surface area contributed by atoms with E-state index in [1.165, 1.54) is 17.9 Å². The summed E-state index contributed by atoms with van der Waals surface area (Å²) in [5.74, 6) is 0.292. The molecule has 0 aliphatic rings. The number of benzene rings is 4. The summed E-state index contributed by atoms with van der Waals surface area (Å²) in [6, 6.07) is 23.3. The summed E-state index contributed by atoms with van der Waals surface area (Å²) in [6.45, 7) is 7.56. The SMILES string of the molecule is CC(=O)Nc1cc(Nc2nc(Cl)nc(Nc3cccc(C)c3)n2)ccc1N=Nc1cc(C)c2cccc(C)c2c1. The Kier molecular flexibility index (Phi) is 7.65. The van der Waals surface area contributed by atoms with Crippen molar-refractivity contribution in [1.82, 2.24) is 15.0 Å². The van der Waals surface area contributed by atoms with E-state index in [1.54, 1.807) is 18.2 Å². The molecule has 0 bridgehead atoms. The molecule has 1 heterocycles. The number of halogens is 1. The van der Waals surface area contributed by atoms with Crippen LogP contribution in [0.5, 0.6) is 0 Å². The number of rotatable bonds is 7. The van der Waals surface area contributed by atoms with E-state index in [0.717, 1.165) is 27.9 Å². The van der Waals surface area contributed by atoms with Crippen molar-refractivity contribution in [3.05, 3.63) is 94.8 Å². The van der Waals surface area contributed by atoms with Gasteiger partial charge in [-0.25, -0.2) is 0 Å². The number of aromatic nitrogens is 3. The monoisotopic (exact) mass is 550 g/mol. The third kappa shape index (κ3) is 6.39. The number of carbonyl (C=O) groups is 1. The minimum Gasteiger partial charge on any atom is -0.324 e. The minimum atomic E-state index is -0.237. The van der Waals surface area contributed by atoms with E-state index in [-0.39, 0.29) is 17.1 Å². The third-order valence-electron chi connectivity index (χ3n) is 6.12. The maximum Gasteiger partial charge on any atom is 0.233 e. The van der Waals surface area contributed by atoms with Crippen LogP contribution in [-0.4, -0.2) is 20.9 Å². The molecule has 40 heavy (non-hydrogen) atoms. The number of hydrogen-bond donors (Lipinski definition) is 3. The van der Waals surface area contributed by atoms with E-state index in [4.69, 9.17) is 11.6 Å². The number of amides is 1. The molecule has 0 saturated heterocycles. The highest BCUT2D eigenvalue weighted by molar-refractivity contribution is 6.28. The van der Waals surface area contributed by atoms with E-state index in [2.05, 4.69) is 67.1 Å². The van der Waals surface area contributed by atoms with Crippen molar-refractivity contribution in [2.45, 2.75) is 27.7 Å². The smallest absolute Gasteiger partial charge is 0.233 e. The highest BCUT2D eigenvalue weighted by atomic mass is 35.5. The van der Waals surface area contributed by atoms with Crippen LogP contribution in [-0.2, 0) is 4.79 Å². The molecule has 5 rings (SSSR count). The van der Waals surface area contributed by atoms with Crippen LogP contribution in [0.3, 0.4) is 0 Å². The number of nitrogens with one attached hydrogen (secondary N) is 3. The Balaban J connectivity index is 1.41. The van der Waals surface area contributed by atoms with Gasteiger partial charge in [0, 0.05) is 18.3 Å². The zero-order valence-corrected chi connectivity index (χ0v) is 23.2. The lowest BCUT2D eigenvalue weighted by atomic mass is 10.0. The first-order valence-corrected chi connectivity index (χ1v) is 13.0. The van der Waals surface area contributed by atoms with Crippen LogP contribution in [0.25, 0.3) is 10.8 Å². The molecule has 0 spiro atoms. The summed E-state index contributed by atoms with van der Waals surface area (Å²) in [5.41, 5.74) is 6.52. The number of anilines is 5. The zero-order chi connectivity index (χ0) is 28.2. The standard InChI is InChI=1S/C30H27ClN8O/c1-17-7-5-9-21(13-17)33-29-35-28(31)36-30(37-29)34-22-11-12-26(27(16-22)32-20(4)40)39-38-23-14-19(3)24-10-6-8-18(2)25(24)15-23/h5-16H,1-4H3,(H,32,40)(H2,33,34,35,36,37). The van der Waals surface area contributed by atoms with E-state index in [9.17, 15) is 4.79 Å². The van der Waals surface area contributed by atoms with Gasteiger partial charge in [0.15, 0.2) is 0 Å². The summed E-state index contributed by atoms with van der Waals surface area (Å²) < 4.78 is 0. The molecule has 0 saturated carbocycles. The van der Waals surface area contributed by atoms with Crippen LogP contribution < -0.4 is 16.0 Å². The quantitative estimate of drug-likeness (QED) is 0.175. The third-order valence-corrected chi connectivity index (χ3v) is 6.29. The lowest BCUT2D eigenvalue weighted by Gasteiger charge is -2.11. The number of nitrogens with zero attached hydrogens (tertiary/aromatic N) is 5. The van der Waals surface area contributed by atoms with Gasteiger partial charge in [0.25, 0.3) is 0 Å². The molecule has 0 fully saturated rings. The summed E-state index contributed by atoms with van der Waals surface area (Å²) in [6.07, 6.45) is 0. The van der Waals surface area contributed by atoms with Gasteiger partial charge in [-0.1, -0.05) is 30.3 Å². The molecule has 10 heteroatoms. The minimum absolute atomic E-state index is 0.0288. The average molecular weight is 551 g/mol. The Bertz CT molecular complexity index is 1770. The molecule has 5 aromatic rings. The van der Waals surface area contributed by atoms with Crippen molar-refractivity contribution in [1.29, 1.82) is 0 Å². The van der Waals surface area contributed by atoms with Crippen LogP contribution in [0.4, 0.5) is 40.3 Å². The number of fused-ring (bicyclic) bond motifs is 1. The van der Waals surface area contributed by atoms with Gasteiger partial charge in [-0.15, -0.1) is 5.11 Å². The molecule has 0 unspecified atom stereocenters. The molecule has 0 atom stereocenters. The van der Waals surface area contributed by atoms with E-state index < -0.39 is 0 Å². The predicted molar refractivity (Wildman–Crippen MR) is 161 cm³/mol. The van der Waals surface area contributed by atoms with Crippen LogP contribution in [0.2, 0.25) is 5.28 Å². The summed E-state index contributed by atoms with van der Waals surface area (Å²) in [5, 5.41) is 20.3. The molecule has 1 aromatic heterocycles. The van der Waals surface area contributed by atoms with Gasteiger partial charge < -0.3 is 16.0 Å². The van der Waals surface area contributed by atoms with E-state index in [1.807, 2.05) is 49.4 Å². The van der Waals surface area contributed by atoms with Crippen molar-refractivity contribution in [2.24, 2.45) is 10.2 Å². The molecular formula is C30H27ClN8O. The fraction of sp³-hybridized carbons (Fsp3) is 0.133. The summed E-state index contributed by atoms with van der Waals surface area (Å²) in [7, 11) is 0. The van der Waals surface area contributed by atoms with Gasteiger partial charge in [-0.05, 0) is 102 Å². The number of aryl methyl sites for hydroxylation is 3. The van der Waals surface area contributed by atoms with Crippen LogP contribution in [0.1, 0.15) is 23.6 Å². The molecule has 0 aliphatic carbocycles. The first kappa shape index (κ1) is 26.7. The van der Waals surface area contributed by atoms with Crippen molar-refractivity contribution in [3.63, 3.8) is 0 Å². The Morgan fingerprint density at radius 2 is 1.48 bits per heavy atom. The first-order valence-electron chi connectivity index (χ1n) is 12.6. The van der Waals surface area contributed by atoms with E-state index >= 15 is 0 Å².